The van der Waals surface area contributed by atoms with Gasteiger partial charge in [0.25, 0.3) is 10.2 Å². The van der Waals surface area contributed by atoms with Gasteiger partial charge in [-0.1, -0.05) is 13.3 Å². The lowest BCUT2D eigenvalue weighted by molar-refractivity contribution is 0.242. The Kier molecular flexibility index (Phi) is 9.20. The van der Waals surface area contributed by atoms with Gasteiger partial charge in [0.15, 0.2) is 0 Å². The number of piperidine rings is 1. The highest BCUT2D eigenvalue weighted by molar-refractivity contribution is 7.98. The van der Waals surface area contributed by atoms with Crippen LogP contribution in [0.25, 0.3) is 0 Å². The van der Waals surface area contributed by atoms with E-state index in [1.165, 1.54) is 0 Å². The van der Waals surface area contributed by atoms with Crippen molar-refractivity contribution in [1.29, 1.82) is 0 Å². The molecule has 0 aromatic heterocycles. The van der Waals surface area contributed by atoms with Crippen molar-refractivity contribution >= 4 is 22.0 Å². The van der Waals surface area contributed by atoms with Crippen LogP contribution in [0.5, 0.6) is 0 Å². The minimum atomic E-state index is -3.37. The molecule has 5 nitrogen and oxygen atoms in total. The van der Waals surface area contributed by atoms with Gasteiger partial charge in [-0.05, 0) is 51.2 Å². The van der Waals surface area contributed by atoms with Crippen LogP contribution in [0.3, 0.4) is 0 Å². The highest BCUT2D eigenvalue weighted by Crippen LogP contribution is 2.20. The zero-order chi connectivity index (χ0) is 15.7. The zero-order valence-corrected chi connectivity index (χ0v) is 15.2. The Balaban J connectivity index is 2.59. The Morgan fingerprint density at radius 2 is 2.14 bits per heavy atom. The molecule has 1 heterocycles. The predicted octanol–water partition coefficient (Wildman–Crippen LogP) is 1.82. The number of hydrogen-bond acceptors (Lipinski definition) is 4. The van der Waals surface area contributed by atoms with E-state index in [0.29, 0.717) is 6.54 Å². The first-order valence-electron chi connectivity index (χ1n) is 8.00. The monoisotopic (exact) mass is 337 g/mol. The molecule has 0 spiro atoms. The average Bonchev–Trinajstić information content (AvgIpc) is 2.45. The van der Waals surface area contributed by atoms with Crippen LogP contribution in [-0.2, 0) is 10.2 Å². The summed E-state index contributed by atoms with van der Waals surface area (Å²) in [6.07, 6.45) is 7.02. The van der Waals surface area contributed by atoms with Gasteiger partial charge in [0.2, 0.25) is 0 Å². The lowest BCUT2D eigenvalue weighted by Gasteiger charge is -2.35. The number of rotatable bonds is 10. The van der Waals surface area contributed by atoms with E-state index in [2.05, 4.69) is 17.0 Å². The van der Waals surface area contributed by atoms with Gasteiger partial charge in [0, 0.05) is 25.2 Å². The molecular weight excluding hydrogens is 306 g/mol. The van der Waals surface area contributed by atoms with Crippen molar-refractivity contribution in [3.05, 3.63) is 0 Å². The normalized spacial score (nSPS) is 22.3. The zero-order valence-electron chi connectivity index (χ0n) is 13.6. The third-order valence-electron chi connectivity index (χ3n) is 3.79. The van der Waals surface area contributed by atoms with Crippen LogP contribution in [0.2, 0.25) is 0 Å². The van der Waals surface area contributed by atoms with Crippen LogP contribution < -0.4 is 10.0 Å². The molecule has 1 fully saturated rings. The molecule has 1 aliphatic rings. The molecule has 0 radical (unpaired) electrons. The average molecular weight is 338 g/mol. The molecule has 2 atom stereocenters. The summed E-state index contributed by atoms with van der Waals surface area (Å²) in [4.78, 5) is 0. The first kappa shape index (κ1) is 19.2. The predicted molar refractivity (Wildman–Crippen MR) is 92.0 cm³/mol. The van der Waals surface area contributed by atoms with Crippen LogP contribution in [0.1, 0.15) is 46.0 Å². The summed E-state index contributed by atoms with van der Waals surface area (Å²) in [5, 5.41) is 3.36. The third-order valence-corrected chi connectivity index (χ3v) is 6.24. The molecule has 1 rings (SSSR count). The molecule has 2 N–H and O–H groups in total. The fourth-order valence-electron chi connectivity index (χ4n) is 2.62. The molecular formula is C14H31N3O2S2. The first-order valence-corrected chi connectivity index (χ1v) is 10.8. The maximum absolute atomic E-state index is 12.6. The van der Waals surface area contributed by atoms with Gasteiger partial charge >= 0.3 is 0 Å². The van der Waals surface area contributed by atoms with Crippen LogP contribution in [-0.4, -0.2) is 56.4 Å². The summed E-state index contributed by atoms with van der Waals surface area (Å²) < 4.78 is 29.7. The lowest BCUT2D eigenvalue weighted by atomic mass is 10.1. The van der Waals surface area contributed by atoms with Crippen molar-refractivity contribution in [1.82, 2.24) is 14.3 Å². The Morgan fingerprint density at radius 3 is 2.81 bits per heavy atom. The van der Waals surface area contributed by atoms with E-state index in [9.17, 15) is 8.42 Å². The Hall–Kier alpha value is 0.180. The second kappa shape index (κ2) is 10.0. The molecule has 1 aliphatic heterocycles. The largest absolute Gasteiger partial charge is 0.315 e. The highest BCUT2D eigenvalue weighted by atomic mass is 32.2. The highest BCUT2D eigenvalue weighted by Gasteiger charge is 2.32. The summed E-state index contributed by atoms with van der Waals surface area (Å²) in [7, 11) is -3.37. The third kappa shape index (κ3) is 6.86. The molecule has 21 heavy (non-hydrogen) atoms. The second-order valence-corrected chi connectivity index (χ2v) is 8.41. The molecule has 0 bridgehead atoms. The van der Waals surface area contributed by atoms with Crippen molar-refractivity contribution in [2.75, 3.05) is 31.6 Å². The maximum Gasteiger partial charge on any atom is 0.279 e. The van der Waals surface area contributed by atoms with Crippen LogP contribution >= 0.6 is 11.8 Å². The van der Waals surface area contributed by atoms with Gasteiger partial charge in [0.05, 0.1) is 0 Å². The van der Waals surface area contributed by atoms with E-state index in [1.807, 2.05) is 13.2 Å². The molecule has 126 valence electrons. The smallest absolute Gasteiger partial charge is 0.279 e. The summed E-state index contributed by atoms with van der Waals surface area (Å²) in [5.74, 6) is 0.977. The molecule has 1 saturated heterocycles. The van der Waals surface area contributed by atoms with Crippen LogP contribution in [0, 0.1) is 0 Å². The molecule has 0 aliphatic carbocycles. The lowest BCUT2D eigenvalue weighted by Crippen LogP contribution is -2.53. The van der Waals surface area contributed by atoms with Gasteiger partial charge in [-0.3, -0.25) is 0 Å². The van der Waals surface area contributed by atoms with E-state index in [4.69, 9.17) is 0 Å². The number of thioether (sulfide) groups is 1. The van der Waals surface area contributed by atoms with Gasteiger partial charge in [-0.2, -0.15) is 29.2 Å². The molecule has 0 aromatic rings. The van der Waals surface area contributed by atoms with Gasteiger partial charge in [-0.25, -0.2) is 0 Å². The standard InChI is InChI=1S/C14H31N3O2S2/c1-4-9-15-12-14-7-5-6-10-17(14)21(18,19)16-13(2)8-11-20-3/h13-16H,4-12H2,1-3H3. The van der Waals surface area contributed by atoms with E-state index < -0.39 is 10.2 Å². The van der Waals surface area contributed by atoms with Crippen molar-refractivity contribution in [2.45, 2.75) is 58.0 Å². The fraction of sp³-hybridized carbons (Fsp3) is 1.00. The van der Waals surface area contributed by atoms with E-state index in [0.717, 1.165) is 50.9 Å². The Bertz CT molecular complexity index is 376. The molecule has 0 amide bonds. The topological polar surface area (TPSA) is 61.4 Å². The summed E-state index contributed by atoms with van der Waals surface area (Å²) >= 11 is 1.75. The molecule has 0 aromatic carbocycles. The summed E-state index contributed by atoms with van der Waals surface area (Å²) in [5.41, 5.74) is 0. The first-order chi connectivity index (χ1) is 10.0. The SMILES string of the molecule is CCCNCC1CCCCN1S(=O)(=O)NC(C)CCSC. The number of hydrogen-bond donors (Lipinski definition) is 2. The van der Waals surface area contributed by atoms with Crippen LogP contribution in [0.4, 0.5) is 0 Å². The number of nitrogens with zero attached hydrogens (tertiary/aromatic N) is 1. The van der Waals surface area contributed by atoms with Crippen molar-refractivity contribution in [2.24, 2.45) is 0 Å². The quantitative estimate of drug-likeness (QED) is 0.597. The minimum Gasteiger partial charge on any atom is -0.315 e. The maximum atomic E-state index is 12.6. The van der Waals surface area contributed by atoms with Gasteiger partial charge < -0.3 is 5.32 Å². The second-order valence-electron chi connectivity index (χ2n) is 5.77. The van der Waals surface area contributed by atoms with E-state index >= 15 is 0 Å². The molecule has 7 heteroatoms. The summed E-state index contributed by atoms with van der Waals surface area (Å²) in [6, 6.07) is 0.0872. The fourth-order valence-corrected chi connectivity index (χ4v) is 4.91. The minimum absolute atomic E-state index is 0.00590. The van der Waals surface area contributed by atoms with Crippen molar-refractivity contribution in [3.63, 3.8) is 0 Å². The number of nitrogens with one attached hydrogen (secondary N) is 2. The van der Waals surface area contributed by atoms with Crippen molar-refractivity contribution < 1.29 is 8.42 Å². The van der Waals surface area contributed by atoms with E-state index in [-0.39, 0.29) is 12.1 Å². The van der Waals surface area contributed by atoms with Gasteiger partial charge in [0.1, 0.15) is 0 Å². The summed E-state index contributed by atoms with van der Waals surface area (Å²) in [6.45, 7) is 6.42. The van der Waals surface area contributed by atoms with Crippen molar-refractivity contribution in [3.8, 4) is 0 Å². The van der Waals surface area contributed by atoms with E-state index in [1.54, 1.807) is 16.1 Å². The molecule has 2 unspecified atom stereocenters. The molecule has 0 saturated carbocycles. The Labute approximate surface area is 134 Å². The van der Waals surface area contributed by atoms with Crippen LogP contribution in [0.15, 0.2) is 0 Å². The van der Waals surface area contributed by atoms with Gasteiger partial charge in [-0.15, -0.1) is 0 Å². The Morgan fingerprint density at radius 1 is 1.38 bits per heavy atom.